The van der Waals surface area contributed by atoms with Crippen molar-refractivity contribution in [2.24, 2.45) is 0 Å². The number of fused-ring (bicyclic) bond motifs is 1. The summed E-state index contributed by atoms with van der Waals surface area (Å²) in [6.45, 7) is 5.55. The van der Waals surface area contributed by atoms with Gasteiger partial charge < -0.3 is 14.8 Å². The van der Waals surface area contributed by atoms with Gasteiger partial charge in [0, 0.05) is 13.5 Å². The fourth-order valence-corrected chi connectivity index (χ4v) is 2.38. The lowest BCUT2D eigenvalue weighted by Crippen LogP contribution is -2.38. The number of benzene rings is 1. The molecule has 2 atom stereocenters. The monoisotopic (exact) mass is 263 g/mol. The maximum atomic E-state index is 11.9. The van der Waals surface area contributed by atoms with E-state index in [9.17, 15) is 4.79 Å². The Hall–Kier alpha value is -1.55. The molecule has 4 nitrogen and oxygen atoms in total. The summed E-state index contributed by atoms with van der Waals surface area (Å²) in [5.41, 5.74) is 1.83. The summed E-state index contributed by atoms with van der Waals surface area (Å²) in [4.78, 5) is 11.9. The molecule has 0 fully saturated rings. The van der Waals surface area contributed by atoms with E-state index in [0.29, 0.717) is 0 Å². The van der Waals surface area contributed by atoms with Crippen LogP contribution < -0.4 is 5.32 Å². The summed E-state index contributed by atoms with van der Waals surface area (Å²) in [7, 11) is 1.67. The van der Waals surface area contributed by atoms with Gasteiger partial charge in [-0.1, -0.05) is 24.3 Å². The van der Waals surface area contributed by atoms with Gasteiger partial charge in [0.15, 0.2) is 0 Å². The van der Waals surface area contributed by atoms with Gasteiger partial charge in [0.1, 0.15) is 5.60 Å². The lowest BCUT2D eigenvalue weighted by atomic mass is 10.1. The molecule has 0 aliphatic heterocycles. The fraction of sp³-hybridized carbons (Fsp3) is 0.533. The summed E-state index contributed by atoms with van der Waals surface area (Å²) < 4.78 is 10.8. The molecule has 19 heavy (non-hydrogen) atoms. The summed E-state index contributed by atoms with van der Waals surface area (Å²) >= 11 is 0. The number of methoxy groups -OCH3 is 1. The van der Waals surface area contributed by atoms with E-state index < -0.39 is 11.7 Å². The van der Waals surface area contributed by atoms with Crippen LogP contribution in [0.4, 0.5) is 4.79 Å². The highest BCUT2D eigenvalue weighted by molar-refractivity contribution is 5.69. The van der Waals surface area contributed by atoms with Gasteiger partial charge in [-0.05, 0) is 31.9 Å². The van der Waals surface area contributed by atoms with Crippen LogP contribution in [0.5, 0.6) is 0 Å². The lowest BCUT2D eigenvalue weighted by molar-refractivity contribution is 0.0368. The Morgan fingerprint density at radius 2 is 2.00 bits per heavy atom. The Balaban J connectivity index is 2.12. The van der Waals surface area contributed by atoms with Gasteiger partial charge in [-0.15, -0.1) is 0 Å². The van der Waals surface area contributed by atoms with E-state index in [1.807, 2.05) is 39.0 Å². The van der Waals surface area contributed by atoms with Crippen molar-refractivity contribution in [2.45, 2.75) is 44.9 Å². The van der Waals surface area contributed by atoms with Crippen LogP contribution in [0.25, 0.3) is 0 Å². The SMILES string of the molecule is CO[C@@H]1Cc2ccccc2[C@H]1NC(=O)OC(C)(C)C. The Morgan fingerprint density at radius 1 is 1.32 bits per heavy atom. The van der Waals surface area contributed by atoms with Crippen molar-refractivity contribution in [1.29, 1.82) is 0 Å². The Kier molecular flexibility index (Phi) is 3.80. The third kappa shape index (κ3) is 3.26. The lowest BCUT2D eigenvalue weighted by Gasteiger charge is -2.24. The molecule has 0 unspecified atom stereocenters. The molecule has 104 valence electrons. The molecule has 4 heteroatoms. The maximum absolute atomic E-state index is 11.9. The Morgan fingerprint density at radius 3 is 2.63 bits per heavy atom. The minimum absolute atomic E-state index is 0.0371. The number of hydrogen-bond acceptors (Lipinski definition) is 3. The summed E-state index contributed by atoms with van der Waals surface area (Å²) in [6, 6.07) is 7.92. The molecule has 2 rings (SSSR count). The van der Waals surface area contributed by atoms with E-state index >= 15 is 0 Å². The second-order valence-electron chi connectivity index (χ2n) is 5.80. The molecule has 0 bridgehead atoms. The molecule has 1 aromatic rings. The number of amides is 1. The Labute approximate surface area is 114 Å². The zero-order chi connectivity index (χ0) is 14.0. The van der Waals surface area contributed by atoms with Crippen molar-refractivity contribution in [3.05, 3.63) is 35.4 Å². The third-order valence-corrected chi connectivity index (χ3v) is 3.16. The van der Waals surface area contributed by atoms with Crippen LogP contribution in [0.2, 0.25) is 0 Å². The number of alkyl carbamates (subject to hydrolysis) is 1. The highest BCUT2D eigenvalue weighted by Crippen LogP contribution is 2.33. The van der Waals surface area contributed by atoms with Gasteiger partial charge >= 0.3 is 6.09 Å². The molecule has 1 aliphatic rings. The summed E-state index contributed by atoms with van der Waals surface area (Å²) in [5.74, 6) is 0. The number of hydrogen-bond donors (Lipinski definition) is 1. The van der Waals surface area contributed by atoms with E-state index in [-0.39, 0.29) is 12.1 Å². The Bertz CT molecular complexity index is 465. The largest absolute Gasteiger partial charge is 0.444 e. The molecule has 0 aromatic heterocycles. The molecule has 1 N–H and O–H groups in total. The fourth-order valence-electron chi connectivity index (χ4n) is 2.38. The van der Waals surface area contributed by atoms with Gasteiger partial charge in [0.25, 0.3) is 0 Å². The van der Waals surface area contributed by atoms with Crippen LogP contribution in [0.3, 0.4) is 0 Å². The first-order valence-electron chi connectivity index (χ1n) is 6.51. The van der Waals surface area contributed by atoms with Crippen LogP contribution >= 0.6 is 0 Å². The molecule has 1 amide bonds. The first kappa shape index (κ1) is 13.9. The summed E-state index contributed by atoms with van der Waals surface area (Å²) in [6.07, 6.45) is 0.369. The van der Waals surface area contributed by atoms with Crippen LogP contribution in [0.1, 0.15) is 37.9 Å². The molecule has 1 aliphatic carbocycles. The number of nitrogens with one attached hydrogen (secondary N) is 1. The second kappa shape index (κ2) is 5.21. The average Bonchev–Trinajstić information content (AvgIpc) is 2.65. The third-order valence-electron chi connectivity index (χ3n) is 3.16. The van der Waals surface area contributed by atoms with Gasteiger partial charge in [-0.25, -0.2) is 4.79 Å². The minimum atomic E-state index is -0.495. The first-order valence-corrected chi connectivity index (χ1v) is 6.51. The van der Waals surface area contributed by atoms with Crippen LogP contribution in [0.15, 0.2) is 24.3 Å². The molecular formula is C15H21NO3. The molecule has 0 radical (unpaired) electrons. The maximum Gasteiger partial charge on any atom is 0.408 e. The predicted molar refractivity (Wildman–Crippen MR) is 73.1 cm³/mol. The highest BCUT2D eigenvalue weighted by Gasteiger charge is 2.34. The molecule has 1 aromatic carbocycles. The average molecular weight is 263 g/mol. The van der Waals surface area contributed by atoms with E-state index in [2.05, 4.69) is 11.4 Å². The second-order valence-corrected chi connectivity index (χ2v) is 5.80. The number of rotatable bonds is 2. The molecule has 0 heterocycles. The van der Waals surface area contributed by atoms with Crippen molar-refractivity contribution in [3.63, 3.8) is 0 Å². The number of carbonyl (C=O) groups excluding carboxylic acids is 1. The topological polar surface area (TPSA) is 47.6 Å². The van der Waals surface area contributed by atoms with Crippen LogP contribution in [-0.4, -0.2) is 24.9 Å². The van der Waals surface area contributed by atoms with Crippen molar-refractivity contribution < 1.29 is 14.3 Å². The van der Waals surface area contributed by atoms with Crippen molar-refractivity contribution in [2.75, 3.05) is 7.11 Å². The molecular weight excluding hydrogens is 242 g/mol. The number of ether oxygens (including phenoxy) is 2. The van der Waals surface area contributed by atoms with E-state index in [0.717, 1.165) is 12.0 Å². The smallest absolute Gasteiger partial charge is 0.408 e. The van der Waals surface area contributed by atoms with Gasteiger partial charge in [-0.2, -0.15) is 0 Å². The first-order chi connectivity index (χ1) is 8.90. The van der Waals surface area contributed by atoms with Crippen LogP contribution in [0, 0.1) is 0 Å². The predicted octanol–water partition coefficient (Wildman–Crippen LogP) is 2.82. The zero-order valence-electron chi connectivity index (χ0n) is 11.9. The highest BCUT2D eigenvalue weighted by atomic mass is 16.6. The minimum Gasteiger partial charge on any atom is -0.444 e. The number of carbonyl (C=O) groups is 1. The van der Waals surface area contributed by atoms with E-state index in [4.69, 9.17) is 9.47 Å². The van der Waals surface area contributed by atoms with E-state index in [1.165, 1.54) is 5.56 Å². The van der Waals surface area contributed by atoms with Gasteiger partial charge in [0.2, 0.25) is 0 Å². The molecule has 0 saturated carbocycles. The van der Waals surface area contributed by atoms with Gasteiger partial charge in [-0.3, -0.25) is 0 Å². The normalized spacial score (nSPS) is 21.9. The van der Waals surface area contributed by atoms with Crippen molar-refractivity contribution in [1.82, 2.24) is 5.32 Å². The van der Waals surface area contributed by atoms with Crippen molar-refractivity contribution >= 4 is 6.09 Å². The zero-order valence-corrected chi connectivity index (χ0v) is 11.9. The van der Waals surface area contributed by atoms with E-state index in [1.54, 1.807) is 7.11 Å². The van der Waals surface area contributed by atoms with Crippen LogP contribution in [-0.2, 0) is 15.9 Å². The van der Waals surface area contributed by atoms with Gasteiger partial charge in [0.05, 0.1) is 12.1 Å². The summed E-state index contributed by atoms with van der Waals surface area (Å²) in [5, 5.41) is 2.91. The standard InChI is InChI=1S/C15H21NO3/c1-15(2,3)19-14(17)16-13-11-8-6-5-7-10(11)9-12(13)18-4/h5-8,12-13H,9H2,1-4H3,(H,16,17)/t12-,13-/m1/s1. The molecule has 0 saturated heterocycles. The quantitative estimate of drug-likeness (QED) is 0.892. The molecule has 0 spiro atoms. The van der Waals surface area contributed by atoms with Crippen molar-refractivity contribution in [3.8, 4) is 0 Å².